The van der Waals surface area contributed by atoms with Crippen LogP contribution in [-0.4, -0.2) is 25.8 Å². The molecule has 2 fully saturated rings. The number of hydrogen-bond donors (Lipinski definition) is 0. The molecule has 1 aliphatic heterocycles. The van der Waals surface area contributed by atoms with Crippen LogP contribution in [0.3, 0.4) is 0 Å². The Morgan fingerprint density at radius 2 is 1.80 bits per heavy atom. The molecule has 1 saturated carbocycles. The number of piperidine rings is 1. The van der Waals surface area contributed by atoms with Gasteiger partial charge in [-0.25, -0.2) is 8.42 Å². The van der Waals surface area contributed by atoms with Gasteiger partial charge < -0.3 is 0 Å². The van der Waals surface area contributed by atoms with Crippen molar-refractivity contribution in [2.75, 3.05) is 13.1 Å². The van der Waals surface area contributed by atoms with E-state index in [0.717, 1.165) is 12.8 Å². The Bertz CT molecular complexity index is 602. The van der Waals surface area contributed by atoms with Gasteiger partial charge in [0.2, 0.25) is 10.0 Å². The van der Waals surface area contributed by atoms with E-state index in [2.05, 4.69) is 6.92 Å². The third-order valence-electron chi connectivity index (χ3n) is 4.93. The normalized spacial score (nSPS) is 23.7. The summed E-state index contributed by atoms with van der Waals surface area (Å²) in [6, 6.07) is 6.69. The van der Waals surface area contributed by atoms with Crippen LogP contribution < -0.4 is 0 Å². The lowest BCUT2D eigenvalue weighted by molar-refractivity contribution is 0.203. The molecule has 1 saturated heterocycles. The second kappa shape index (κ2) is 5.00. The van der Waals surface area contributed by atoms with E-state index in [0.29, 0.717) is 29.4 Å². The molecule has 3 rings (SSSR count). The maximum Gasteiger partial charge on any atom is 0.244 e. The molecule has 0 aromatic heterocycles. The van der Waals surface area contributed by atoms with Crippen molar-refractivity contribution < 1.29 is 8.42 Å². The topological polar surface area (TPSA) is 37.4 Å². The van der Waals surface area contributed by atoms with E-state index in [9.17, 15) is 8.42 Å². The van der Waals surface area contributed by atoms with Gasteiger partial charge in [-0.15, -0.1) is 0 Å². The lowest BCUT2D eigenvalue weighted by Gasteiger charge is -2.34. The highest BCUT2D eigenvalue weighted by molar-refractivity contribution is 7.89. The molecule has 0 unspecified atom stereocenters. The maximum absolute atomic E-state index is 12.6. The Hall–Kier alpha value is -0.580. The molecule has 110 valence electrons. The highest BCUT2D eigenvalue weighted by atomic mass is 35.5. The zero-order valence-corrected chi connectivity index (χ0v) is 13.3. The third kappa shape index (κ3) is 2.49. The second-order valence-electron chi connectivity index (χ2n) is 6.26. The van der Waals surface area contributed by atoms with Crippen molar-refractivity contribution in [2.45, 2.75) is 37.5 Å². The molecule has 2 aliphatic rings. The van der Waals surface area contributed by atoms with Crippen LogP contribution >= 0.6 is 11.6 Å². The summed E-state index contributed by atoms with van der Waals surface area (Å²) in [7, 11) is -3.44. The quantitative estimate of drug-likeness (QED) is 0.856. The summed E-state index contributed by atoms with van der Waals surface area (Å²) >= 11 is 6.03. The summed E-state index contributed by atoms with van der Waals surface area (Å²) < 4.78 is 26.8. The highest BCUT2D eigenvalue weighted by Gasteiger charge is 2.46. The van der Waals surface area contributed by atoms with E-state index < -0.39 is 10.0 Å². The van der Waals surface area contributed by atoms with Gasteiger partial charge >= 0.3 is 0 Å². The SMILES string of the molecule is CC1(C2CCN(S(=O)(=O)c3ccccc3Cl)CC2)CC1. The van der Waals surface area contributed by atoms with Crippen LogP contribution in [0, 0.1) is 11.3 Å². The highest BCUT2D eigenvalue weighted by Crippen LogP contribution is 2.54. The van der Waals surface area contributed by atoms with E-state index in [4.69, 9.17) is 11.6 Å². The van der Waals surface area contributed by atoms with Crippen LogP contribution in [0.4, 0.5) is 0 Å². The van der Waals surface area contributed by atoms with Gasteiger partial charge in [0.25, 0.3) is 0 Å². The smallest absolute Gasteiger partial charge is 0.207 e. The molecular formula is C15H20ClNO2S. The summed E-state index contributed by atoms with van der Waals surface area (Å²) in [5, 5.41) is 0.309. The molecule has 0 amide bonds. The first-order valence-corrected chi connectivity index (χ1v) is 9.00. The van der Waals surface area contributed by atoms with Crippen LogP contribution in [0.5, 0.6) is 0 Å². The van der Waals surface area contributed by atoms with E-state index in [1.807, 2.05) is 0 Å². The minimum absolute atomic E-state index is 0.234. The van der Waals surface area contributed by atoms with E-state index in [1.54, 1.807) is 28.6 Å². The second-order valence-corrected chi connectivity index (χ2v) is 8.58. The van der Waals surface area contributed by atoms with Crippen molar-refractivity contribution >= 4 is 21.6 Å². The predicted octanol–water partition coefficient (Wildman–Crippen LogP) is 3.54. The molecule has 0 spiro atoms. The molecule has 0 radical (unpaired) electrons. The first-order chi connectivity index (χ1) is 9.43. The summed E-state index contributed by atoms with van der Waals surface area (Å²) in [6.45, 7) is 3.57. The zero-order chi connectivity index (χ0) is 14.4. The van der Waals surface area contributed by atoms with Crippen LogP contribution in [0.15, 0.2) is 29.2 Å². The fraction of sp³-hybridized carbons (Fsp3) is 0.600. The molecule has 0 N–H and O–H groups in total. The Morgan fingerprint density at radius 1 is 1.20 bits per heavy atom. The average molecular weight is 314 g/mol. The van der Waals surface area contributed by atoms with Crippen molar-refractivity contribution in [2.24, 2.45) is 11.3 Å². The number of benzene rings is 1. The molecule has 5 heteroatoms. The van der Waals surface area contributed by atoms with Gasteiger partial charge in [0.15, 0.2) is 0 Å². The van der Waals surface area contributed by atoms with Gasteiger partial charge in [-0.2, -0.15) is 4.31 Å². The number of nitrogens with zero attached hydrogens (tertiary/aromatic N) is 1. The van der Waals surface area contributed by atoms with E-state index in [-0.39, 0.29) is 4.90 Å². The lowest BCUT2D eigenvalue weighted by Crippen LogP contribution is -2.40. The molecule has 3 nitrogen and oxygen atoms in total. The van der Waals surface area contributed by atoms with E-state index >= 15 is 0 Å². The summed E-state index contributed by atoms with van der Waals surface area (Å²) in [6.07, 6.45) is 4.55. The van der Waals surface area contributed by atoms with Gasteiger partial charge in [-0.3, -0.25) is 0 Å². The average Bonchev–Trinajstić information content (AvgIpc) is 3.18. The van der Waals surface area contributed by atoms with Crippen LogP contribution in [-0.2, 0) is 10.0 Å². The Labute approximate surface area is 126 Å². The third-order valence-corrected chi connectivity index (χ3v) is 7.33. The van der Waals surface area contributed by atoms with Crippen LogP contribution in [0.1, 0.15) is 32.6 Å². The minimum atomic E-state index is -3.44. The lowest BCUT2D eigenvalue weighted by atomic mass is 9.83. The largest absolute Gasteiger partial charge is 0.244 e. The summed E-state index contributed by atoms with van der Waals surface area (Å²) in [5.41, 5.74) is 0.486. The number of rotatable bonds is 3. The zero-order valence-electron chi connectivity index (χ0n) is 11.7. The molecule has 0 bridgehead atoms. The minimum Gasteiger partial charge on any atom is -0.207 e. The molecule has 1 aromatic carbocycles. The number of sulfonamides is 1. The van der Waals surface area contributed by atoms with Crippen molar-refractivity contribution in [3.63, 3.8) is 0 Å². The molecule has 1 aromatic rings. The standard InChI is InChI=1S/C15H20ClNO2S/c1-15(8-9-15)12-6-10-17(11-7-12)20(18,19)14-5-3-2-4-13(14)16/h2-5,12H,6-11H2,1H3. The van der Waals surface area contributed by atoms with Crippen LogP contribution in [0.25, 0.3) is 0 Å². The van der Waals surface area contributed by atoms with Crippen molar-refractivity contribution in [3.8, 4) is 0 Å². The first-order valence-electron chi connectivity index (χ1n) is 7.18. The molecule has 0 atom stereocenters. The van der Waals surface area contributed by atoms with Gasteiger partial charge in [0, 0.05) is 13.1 Å². The van der Waals surface area contributed by atoms with Crippen LogP contribution in [0.2, 0.25) is 5.02 Å². The van der Waals surface area contributed by atoms with Crippen molar-refractivity contribution in [1.82, 2.24) is 4.31 Å². The van der Waals surface area contributed by atoms with Gasteiger partial charge in [-0.05, 0) is 49.1 Å². The van der Waals surface area contributed by atoms with Gasteiger partial charge in [0.05, 0.1) is 5.02 Å². The molecule has 1 aliphatic carbocycles. The maximum atomic E-state index is 12.6. The number of halogens is 1. The van der Waals surface area contributed by atoms with Gasteiger partial charge in [-0.1, -0.05) is 30.7 Å². The Balaban J connectivity index is 1.75. The Morgan fingerprint density at radius 3 is 2.35 bits per heavy atom. The predicted molar refractivity (Wildman–Crippen MR) is 80.3 cm³/mol. The summed E-state index contributed by atoms with van der Waals surface area (Å²) in [4.78, 5) is 0.234. The fourth-order valence-electron chi connectivity index (χ4n) is 3.19. The van der Waals surface area contributed by atoms with Crippen molar-refractivity contribution in [1.29, 1.82) is 0 Å². The molecule has 20 heavy (non-hydrogen) atoms. The molecule has 1 heterocycles. The summed E-state index contributed by atoms with van der Waals surface area (Å²) in [5.74, 6) is 0.681. The van der Waals surface area contributed by atoms with E-state index in [1.165, 1.54) is 12.8 Å². The monoisotopic (exact) mass is 313 g/mol. The first kappa shape index (κ1) is 14.4. The number of hydrogen-bond acceptors (Lipinski definition) is 2. The van der Waals surface area contributed by atoms with Gasteiger partial charge in [0.1, 0.15) is 4.90 Å². The fourth-order valence-corrected chi connectivity index (χ4v) is 5.15. The Kier molecular flexibility index (Phi) is 3.59. The van der Waals surface area contributed by atoms with Crippen molar-refractivity contribution in [3.05, 3.63) is 29.3 Å². The molecular weight excluding hydrogens is 294 g/mol.